The zero-order valence-electron chi connectivity index (χ0n) is 10.4. The van der Waals surface area contributed by atoms with Crippen molar-refractivity contribution in [1.29, 1.82) is 0 Å². The van der Waals surface area contributed by atoms with E-state index in [0.717, 1.165) is 0 Å². The van der Waals surface area contributed by atoms with Crippen molar-refractivity contribution in [1.82, 2.24) is 0 Å². The standard InChI is InChI=1S/C13H13F5O/c1-5(2)19-7-4-3-6(7)8-9(14)11(16)13(18)12(17)10(8)15/h5-7H,3-4H2,1-2H3. The number of hydrogen-bond acceptors (Lipinski definition) is 1. The molecule has 1 aromatic rings. The van der Waals surface area contributed by atoms with E-state index in [4.69, 9.17) is 4.74 Å². The summed E-state index contributed by atoms with van der Waals surface area (Å²) in [5.74, 6) is -10.2. The molecule has 1 aromatic carbocycles. The summed E-state index contributed by atoms with van der Waals surface area (Å²) in [6.07, 6.45) is 0.209. The average Bonchev–Trinajstić information content (AvgIpc) is 2.34. The summed E-state index contributed by atoms with van der Waals surface area (Å²) >= 11 is 0. The molecule has 2 atom stereocenters. The fraction of sp³-hybridized carbons (Fsp3) is 0.538. The van der Waals surface area contributed by atoms with E-state index in [9.17, 15) is 22.0 Å². The Labute approximate surface area is 107 Å². The molecule has 1 aliphatic rings. The highest BCUT2D eigenvalue weighted by atomic mass is 19.2. The minimum Gasteiger partial charge on any atom is -0.375 e. The first-order valence-corrected chi connectivity index (χ1v) is 6.01. The Balaban J connectivity index is 2.41. The first-order valence-electron chi connectivity index (χ1n) is 6.01. The maximum absolute atomic E-state index is 13.6. The van der Waals surface area contributed by atoms with Crippen molar-refractivity contribution in [3.05, 3.63) is 34.6 Å². The van der Waals surface area contributed by atoms with E-state index in [1.54, 1.807) is 13.8 Å². The molecular weight excluding hydrogens is 267 g/mol. The zero-order valence-corrected chi connectivity index (χ0v) is 10.4. The van der Waals surface area contributed by atoms with Gasteiger partial charge in [-0.3, -0.25) is 0 Å². The van der Waals surface area contributed by atoms with Gasteiger partial charge in [0.15, 0.2) is 23.3 Å². The lowest BCUT2D eigenvalue weighted by Gasteiger charge is -2.38. The van der Waals surface area contributed by atoms with Crippen molar-refractivity contribution in [2.24, 2.45) is 0 Å². The van der Waals surface area contributed by atoms with Crippen LogP contribution in [0.15, 0.2) is 0 Å². The smallest absolute Gasteiger partial charge is 0.200 e. The Morgan fingerprint density at radius 3 is 1.68 bits per heavy atom. The third-order valence-electron chi connectivity index (χ3n) is 3.27. The van der Waals surface area contributed by atoms with Crippen LogP contribution in [-0.4, -0.2) is 12.2 Å². The second kappa shape index (κ2) is 5.07. The van der Waals surface area contributed by atoms with Crippen molar-refractivity contribution in [2.45, 2.75) is 44.8 Å². The van der Waals surface area contributed by atoms with Crippen LogP contribution >= 0.6 is 0 Å². The second-order valence-electron chi connectivity index (χ2n) is 4.89. The lowest BCUT2D eigenvalue weighted by molar-refractivity contribution is -0.0529. The molecule has 6 heteroatoms. The molecule has 0 spiro atoms. The summed E-state index contributed by atoms with van der Waals surface area (Å²) in [7, 11) is 0. The fourth-order valence-electron chi connectivity index (χ4n) is 2.26. The van der Waals surface area contributed by atoms with Gasteiger partial charge in [-0.1, -0.05) is 0 Å². The molecule has 0 aromatic heterocycles. The molecule has 0 N–H and O–H groups in total. The van der Waals surface area contributed by atoms with Gasteiger partial charge in [0, 0.05) is 11.5 Å². The monoisotopic (exact) mass is 280 g/mol. The summed E-state index contributed by atoms with van der Waals surface area (Å²) in [5.41, 5.74) is -0.756. The van der Waals surface area contributed by atoms with E-state index in [-0.39, 0.29) is 6.10 Å². The molecule has 2 rings (SSSR count). The van der Waals surface area contributed by atoms with E-state index in [1.807, 2.05) is 0 Å². The Kier molecular flexibility index (Phi) is 3.80. The van der Waals surface area contributed by atoms with Gasteiger partial charge >= 0.3 is 0 Å². The summed E-state index contributed by atoms with van der Waals surface area (Å²) < 4.78 is 71.8. The van der Waals surface area contributed by atoms with Crippen molar-refractivity contribution < 1.29 is 26.7 Å². The first-order chi connectivity index (χ1) is 8.84. The van der Waals surface area contributed by atoms with Crippen LogP contribution in [0.5, 0.6) is 0 Å². The number of rotatable bonds is 3. The molecule has 2 unspecified atom stereocenters. The van der Waals surface area contributed by atoms with Crippen LogP contribution in [0.3, 0.4) is 0 Å². The predicted octanol–water partition coefficient (Wildman–Crippen LogP) is 4.05. The summed E-state index contributed by atoms with van der Waals surface area (Å²) in [4.78, 5) is 0. The van der Waals surface area contributed by atoms with Crippen molar-refractivity contribution in [3.63, 3.8) is 0 Å². The predicted molar refractivity (Wildman–Crippen MR) is 58.2 cm³/mol. The number of ether oxygens (including phenoxy) is 1. The number of benzene rings is 1. The van der Waals surface area contributed by atoms with Gasteiger partial charge in [0.1, 0.15) is 0 Å². The van der Waals surface area contributed by atoms with Gasteiger partial charge in [0.2, 0.25) is 5.82 Å². The molecular formula is C13H13F5O. The summed E-state index contributed by atoms with van der Waals surface area (Å²) in [6, 6.07) is 0. The van der Waals surface area contributed by atoms with Crippen LogP contribution in [0.25, 0.3) is 0 Å². The third-order valence-corrected chi connectivity index (χ3v) is 3.27. The van der Waals surface area contributed by atoms with Crippen LogP contribution in [0.1, 0.15) is 38.2 Å². The minimum absolute atomic E-state index is 0.172. The van der Waals surface area contributed by atoms with Gasteiger partial charge in [0.05, 0.1) is 12.2 Å². The zero-order chi connectivity index (χ0) is 14.3. The molecule has 106 valence electrons. The average molecular weight is 280 g/mol. The molecule has 1 nitrogen and oxygen atoms in total. The Morgan fingerprint density at radius 2 is 1.32 bits per heavy atom. The highest BCUT2D eigenvalue weighted by Crippen LogP contribution is 2.43. The van der Waals surface area contributed by atoms with Crippen molar-refractivity contribution in [3.8, 4) is 0 Å². The van der Waals surface area contributed by atoms with Crippen LogP contribution in [0, 0.1) is 29.1 Å². The van der Waals surface area contributed by atoms with E-state index < -0.39 is 46.7 Å². The normalized spacial score (nSPS) is 22.7. The topological polar surface area (TPSA) is 9.23 Å². The van der Waals surface area contributed by atoms with E-state index in [2.05, 4.69) is 0 Å². The molecule has 0 heterocycles. The van der Waals surface area contributed by atoms with Crippen LogP contribution in [-0.2, 0) is 4.74 Å². The largest absolute Gasteiger partial charge is 0.375 e. The highest BCUT2D eigenvalue weighted by molar-refractivity contribution is 5.30. The molecule has 0 amide bonds. The number of halogens is 5. The first kappa shape index (κ1) is 14.2. The maximum Gasteiger partial charge on any atom is 0.200 e. The van der Waals surface area contributed by atoms with Crippen molar-refractivity contribution >= 4 is 0 Å². The van der Waals surface area contributed by atoms with E-state index in [0.29, 0.717) is 12.8 Å². The molecule has 1 aliphatic carbocycles. The van der Waals surface area contributed by atoms with Gasteiger partial charge < -0.3 is 4.74 Å². The second-order valence-corrected chi connectivity index (χ2v) is 4.89. The molecule has 0 bridgehead atoms. The van der Waals surface area contributed by atoms with Crippen LogP contribution < -0.4 is 0 Å². The van der Waals surface area contributed by atoms with E-state index >= 15 is 0 Å². The molecule has 0 aliphatic heterocycles. The van der Waals surface area contributed by atoms with Crippen LogP contribution in [0.4, 0.5) is 22.0 Å². The van der Waals surface area contributed by atoms with Gasteiger partial charge in [-0.2, -0.15) is 0 Å². The van der Waals surface area contributed by atoms with Gasteiger partial charge in [-0.25, -0.2) is 22.0 Å². The Morgan fingerprint density at radius 1 is 0.842 bits per heavy atom. The highest BCUT2D eigenvalue weighted by Gasteiger charge is 2.40. The molecule has 19 heavy (non-hydrogen) atoms. The van der Waals surface area contributed by atoms with Crippen LogP contribution in [0.2, 0.25) is 0 Å². The maximum atomic E-state index is 13.6. The quantitative estimate of drug-likeness (QED) is 0.461. The fourth-order valence-corrected chi connectivity index (χ4v) is 2.26. The Hall–Kier alpha value is -1.17. The molecule has 1 fully saturated rings. The molecule has 1 saturated carbocycles. The van der Waals surface area contributed by atoms with Gasteiger partial charge in [-0.15, -0.1) is 0 Å². The summed E-state index contributed by atoms with van der Waals surface area (Å²) in [6.45, 7) is 3.49. The summed E-state index contributed by atoms with van der Waals surface area (Å²) in [5, 5.41) is 0. The number of hydrogen-bond donors (Lipinski definition) is 0. The lowest BCUT2D eigenvalue weighted by atomic mass is 9.76. The van der Waals surface area contributed by atoms with Crippen molar-refractivity contribution in [2.75, 3.05) is 0 Å². The third kappa shape index (κ3) is 2.33. The van der Waals surface area contributed by atoms with Gasteiger partial charge in [-0.05, 0) is 26.7 Å². The lowest BCUT2D eigenvalue weighted by Crippen LogP contribution is -2.36. The SMILES string of the molecule is CC(C)OC1CCC1c1c(F)c(F)c(F)c(F)c1F. The van der Waals surface area contributed by atoms with Gasteiger partial charge in [0.25, 0.3) is 0 Å². The molecule has 0 radical (unpaired) electrons. The molecule has 0 saturated heterocycles. The minimum atomic E-state index is -2.13. The Bertz CT molecular complexity index is 471. The van der Waals surface area contributed by atoms with E-state index in [1.165, 1.54) is 0 Å².